The summed E-state index contributed by atoms with van der Waals surface area (Å²) < 4.78 is 7.60. The number of rotatable bonds is 2. The molecule has 1 aromatic heterocycles. The minimum atomic E-state index is -0.411. The highest BCUT2D eigenvalue weighted by molar-refractivity contribution is 14.1. The van der Waals surface area contributed by atoms with E-state index in [9.17, 15) is 9.59 Å². The fourth-order valence-electron chi connectivity index (χ4n) is 1.68. The van der Waals surface area contributed by atoms with Crippen LogP contribution in [0.25, 0.3) is 0 Å². The van der Waals surface area contributed by atoms with Crippen LogP contribution in [0.1, 0.15) is 19.1 Å². The number of nitrogens with one attached hydrogen (secondary N) is 1. The molecule has 2 rings (SSSR count). The highest BCUT2D eigenvalue weighted by Crippen LogP contribution is 2.27. The SMILES string of the molecule is O=c1[nH]c(=O)n([C@H]2CC[C@H](CBr)O2)cc1I. The molecule has 1 aliphatic heterocycles. The minimum absolute atomic E-state index is 0.140. The Morgan fingerprint density at radius 3 is 2.94 bits per heavy atom. The number of alkyl halides is 1. The van der Waals surface area contributed by atoms with E-state index in [-0.39, 0.29) is 17.9 Å². The summed E-state index contributed by atoms with van der Waals surface area (Å²) in [6.45, 7) is 0. The van der Waals surface area contributed by atoms with Crippen LogP contribution in [-0.2, 0) is 4.74 Å². The number of hydrogen-bond acceptors (Lipinski definition) is 3. The summed E-state index contributed by atoms with van der Waals surface area (Å²) in [5.41, 5.74) is -0.762. The molecule has 7 heteroatoms. The molecule has 0 amide bonds. The minimum Gasteiger partial charge on any atom is -0.354 e. The van der Waals surface area contributed by atoms with Crippen molar-refractivity contribution in [2.75, 3.05) is 5.33 Å². The molecule has 0 aromatic carbocycles. The Bertz CT molecular complexity index is 498. The molecule has 1 fully saturated rings. The van der Waals surface area contributed by atoms with E-state index < -0.39 is 5.69 Å². The van der Waals surface area contributed by atoms with Crippen molar-refractivity contribution in [2.45, 2.75) is 25.2 Å². The first-order valence-electron chi connectivity index (χ1n) is 4.84. The molecule has 88 valence electrons. The van der Waals surface area contributed by atoms with Crippen molar-refractivity contribution in [3.63, 3.8) is 0 Å². The lowest BCUT2D eigenvalue weighted by Crippen LogP contribution is -2.33. The number of H-pyrrole nitrogens is 1. The van der Waals surface area contributed by atoms with E-state index in [4.69, 9.17) is 4.74 Å². The van der Waals surface area contributed by atoms with E-state index in [2.05, 4.69) is 20.9 Å². The lowest BCUT2D eigenvalue weighted by atomic mass is 10.2. The van der Waals surface area contributed by atoms with Gasteiger partial charge >= 0.3 is 5.69 Å². The van der Waals surface area contributed by atoms with Gasteiger partial charge in [-0.25, -0.2) is 4.79 Å². The van der Waals surface area contributed by atoms with Crippen LogP contribution in [-0.4, -0.2) is 21.0 Å². The van der Waals surface area contributed by atoms with Crippen molar-refractivity contribution in [2.24, 2.45) is 0 Å². The average molecular weight is 401 g/mol. The van der Waals surface area contributed by atoms with Crippen LogP contribution in [0.2, 0.25) is 0 Å². The van der Waals surface area contributed by atoms with E-state index in [0.717, 1.165) is 18.2 Å². The number of nitrogens with zero attached hydrogens (tertiary/aromatic N) is 1. The Morgan fingerprint density at radius 1 is 1.56 bits per heavy atom. The number of ether oxygens (including phenoxy) is 1. The van der Waals surface area contributed by atoms with Crippen LogP contribution in [0.3, 0.4) is 0 Å². The maximum Gasteiger partial charge on any atom is 0.330 e. The van der Waals surface area contributed by atoms with Gasteiger partial charge in [-0.05, 0) is 35.4 Å². The van der Waals surface area contributed by atoms with Gasteiger partial charge in [-0.3, -0.25) is 14.3 Å². The molecule has 2 atom stereocenters. The second-order valence-electron chi connectivity index (χ2n) is 3.59. The zero-order valence-corrected chi connectivity index (χ0v) is 12.0. The summed E-state index contributed by atoms with van der Waals surface area (Å²) in [6, 6.07) is 0. The first-order valence-corrected chi connectivity index (χ1v) is 7.04. The molecule has 0 unspecified atom stereocenters. The Labute approximate surface area is 113 Å². The fourth-order valence-corrected chi connectivity index (χ4v) is 2.59. The summed E-state index contributed by atoms with van der Waals surface area (Å²) >= 11 is 5.25. The third-order valence-corrected chi connectivity index (χ3v) is 3.98. The number of hydrogen-bond donors (Lipinski definition) is 1. The van der Waals surface area contributed by atoms with Gasteiger partial charge in [-0.2, -0.15) is 0 Å². The monoisotopic (exact) mass is 400 g/mol. The molecule has 1 aliphatic rings. The first kappa shape index (κ1) is 12.3. The predicted octanol–water partition coefficient (Wildman–Crippen LogP) is 1.21. The number of aromatic nitrogens is 2. The van der Waals surface area contributed by atoms with Crippen molar-refractivity contribution in [1.82, 2.24) is 9.55 Å². The van der Waals surface area contributed by atoms with Crippen LogP contribution in [0.15, 0.2) is 15.8 Å². The average Bonchev–Trinajstić information content (AvgIpc) is 2.71. The van der Waals surface area contributed by atoms with E-state index in [1.807, 2.05) is 22.6 Å². The molecular formula is C9H10BrIN2O3. The van der Waals surface area contributed by atoms with E-state index >= 15 is 0 Å². The molecule has 2 heterocycles. The molecule has 0 bridgehead atoms. The molecule has 1 aromatic rings. The summed E-state index contributed by atoms with van der Waals surface area (Å²) in [5.74, 6) is 0. The fraction of sp³-hybridized carbons (Fsp3) is 0.556. The van der Waals surface area contributed by atoms with Gasteiger partial charge in [0, 0.05) is 11.5 Å². The zero-order valence-electron chi connectivity index (χ0n) is 8.28. The van der Waals surface area contributed by atoms with Gasteiger partial charge in [0.05, 0.1) is 9.67 Å². The third-order valence-electron chi connectivity index (χ3n) is 2.49. The van der Waals surface area contributed by atoms with Crippen molar-refractivity contribution in [1.29, 1.82) is 0 Å². The maximum absolute atomic E-state index is 11.6. The Hall–Kier alpha value is -0.150. The van der Waals surface area contributed by atoms with Crippen LogP contribution in [0.5, 0.6) is 0 Å². The normalized spacial score (nSPS) is 24.9. The molecule has 0 aliphatic carbocycles. The standard InChI is InChI=1S/C9H10BrIN2O3/c10-3-5-1-2-7(16-5)13-4-6(11)8(14)12-9(13)15/h4-5,7H,1-3H2,(H,12,14,15)/t5-,7-/m1/s1. The maximum atomic E-state index is 11.6. The van der Waals surface area contributed by atoms with Gasteiger partial charge in [0.1, 0.15) is 6.23 Å². The summed E-state index contributed by atoms with van der Waals surface area (Å²) in [4.78, 5) is 25.1. The smallest absolute Gasteiger partial charge is 0.330 e. The lowest BCUT2D eigenvalue weighted by molar-refractivity contribution is 0.0104. The van der Waals surface area contributed by atoms with Gasteiger partial charge in [0.25, 0.3) is 5.56 Å². The molecular weight excluding hydrogens is 391 g/mol. The van der Waals surface area contributed by atoms with Crippen molar-refractivity contribution < 1.29 is 4.74 Å². The van der Waals surface area contributed by atoms with Crippen LogP contribution < -0.4 is 11.2 Å². The molecule has 5 nitrogen and oxygen atoms in total. The third kappa shape index (κ3) is 2.40. The van der Waals surface area contributed by atoms with Crippen LogP contribution in [0.4, 0.5) is 0 Å². The van der Waals surface area contributed by atoms with Gasteiger partial charge < -0.3 is 4.74 Å². The molecule has 0 saturated carbocycles. The molecule has 1 saturated heterocycles. The Balaban J connectivity index is 2.32. The van der Waals surface area contributed by atoms with Gasteiger partial charge in [-0.15, -0.1) is 0 Å². The highest BCUT2D eigenvalue weighted by atomic mass is 127. The van der Waals surface area contributed by atoms with Crippen molar-refractivity contribution in [3.8, 4) is 0 Å². The predicted molar refractivity (Wildman–Crippen MR) is 71.0 cm³/mol. The second-order valence-corrected chi connectivity index (χ2v) is 5.40. The molecule has 0 spiro atoms. The van der Waals surface area contributed by atoms with Crippen molar-refractivity contribution >= 4 is 38.5 Å². The summed E-state index contributed by atoms with van der Waals surface area (Å²) in [5, 5.41) is 0.763. The van der Waals surface area contributed by atoms with Gasteiger partial charge in [-0.1, -0.05) is 15.9 Å². The van der Waals surface area contributed by atoms with Crippen molar-refractivity contribution in [3.05, 3.63) is 30.6 Å². The highest BCUT2D eigenvalue weighted by Gasteiger charge is 2.26. The molecule has 16 heavy (non-hydrogen) atoms. The largest absolute Gasteiger partial charge is 0.354 e. The van der Waals surface area contributed by atoms with Crippen LogP contribution in [0, 0.1) is 3.57 Å². The Morgan fingerprint density at radius 2 is 2.31 bits per heavy atom. The quantitative estimate of drug-likeness (QED) is 0.599. The molecule has 1 N–H and O–H groups in total. The lowest BCUT2D eigenvalue weighted by Gasteiger charge is -2.14. The first-order chi connectivity index (χ1) is 7.61. The Kier molecular flexibility index (Phi) is 3.85. The number of aromatic amines is 1. The molecule has 0 radical (unpaired) electrons. The second kappa shape index (κ2) is 5.01. The summed E-state index contributed by atoms with van der Waals surface area (Å²) in [6.07, 6.45) is 3.13. The van der Waals surface area contributed by atoms with Gasteiger partial charge in [0.15, 0.2) is 0 Å². The van der Waals surface area contributed by atoms with Crippen LogP contribution >= 0.6 is 38.5 Å². The van der Waals surface area contributed by atoms with E-state index in [0.29, 0.717) is 3.57 Å². The number of halogens is 2. The van der Waals surface area contributed by atoms with E-state index in [1.165, 1.54) is 4.57 Å². The zero-order chi connectivity index (χ0) is 11.7. The topological polar surface area (TPSA) is 64.1 Å². The summed E-state index contributed by atoms with van der Waals surface area (Å²) in [7, 11) is 0. The van der Waals surface area contributed by atoms with Gasteiger partial charge in [0.2, 0.25) is 0 Å². The van der Waals surface area contributed by atoms with E-state index in [1.54, 1.807) is 6.20 Å².